The van der Waals surface area contributed by atoms with E-state index >= 15 is 0 Å². The molecule has 0 bridgehead atoms. The van der Waals surface area contributed by atoms with Gasteiger partial charge < -0.3 is 15.5 Å². The zero-order valence-corrected chi connectivity index (χ0v) is 16.7. The molecular formula is C21H20BrN3O2. The second kappa shape index (κ2) is 8.22. The first-order valence-corrected chi connectivity index (χ1v) is 9.29. The third kappa shape index (κ3) is 4.65. The van der Waals surface area contributed by atoms with Crippen LogP contribution < -0.4 is 10.6 Å². The minimum atomic E-state index is -0.339. The van der Waals surface area contributed by atoms with Gasteiger partial charge in [-0.3, -0.25) is 4.79 Å². The highest BCUT2D eigenvalue weighted by Gasteiger charge is 2.15. The molecule has 0 aliphatic heterocycles. The van der Waals surface area contributed by atoms with Crippen LogP contribution in [-0.2, 0) is 4.79 Å². The Morgan fingerprint density at radius 1 is 0.963 bits per heavy atom. The van der Waals surface area contributed by atoms with E-state index in [0.717, 1.165) is 26.5 Å². The van der Waals surface area contributed by atoms with Crippen LogP contribution in [0.5, 0.6) is 0 Å². The van der Waals surface area contributed by atoms with Crippen LogP contribution in [0.25, 0.3) is 10.8 Å². The van der Waals surface area contributed by atoms with Crippen molar-refractivity contribution in [2.45, 2.75) is 6.92 Å². The lowest BCUT2D eigenvalue weighted by Gasteiger charge is -2.19. The highest BCUT2D eigenvalue weighted by molar-refractivity contribution is 9.10. The van der Waals surface area contributed by atoms with E-state index < -0.39 is 0 Å². The Hall–Kier alpha value is -2.86. The molecule has 27 heavy (non-hydrogen) atoms. The number of benzene rings is 3. The molecule has 3 aromatic carbocycles. The summed E-state index contributed by atoms with van der Waals surface area (Å²) in [6.45, 7) is 1.86. The van der Waals surface area contributed by atoms with E-state index in [9.17, 15) is 9.59 Å². The van der Waals surface area contributed by atoms with Crippen molar-refractivity contribution < 1.29 is 9.59 Å². The Morgan fingerprint density at radius 3 is 2.48 bits per heavy atom. The maximum atomic E-state index is 12.5. The van der Waals surface area contributed by atoms with Gasteiger partial charge in [-0.25, -0.2) is 4.79 Å². The van der Waals surface area contributed by atoms with E-state index in [0.29, 0.717) is 5.69 Å². The maximum absolute atomic E-state index is 12.5. The highest BCUT2D eigenvalue weighted by Crippen LogP contribution is 2.23. The molecule has 0 aliphatic carbocycles. The minimum absolute atomic E-state index is 0.0495. The largest absolute Gasteiger partial charge is 0.324 e. The average Bonchev–Trinajstić information content (AvgIpc) is 2.64. The van der Waals surface area contributed by atoms with Crippen LogP contribution in [0.2, 0.25) is 0 Å². The van der Waals surface area contributed by atoms with Gasteiger partial charge >= 0.3 is 6.03 Å². The van der Waals surface area contributed by atoms with Gasteiger partial charge in [-0.1, -0.05) is 52.3 Å². The van der Waals surface area contributed by atoms with Crippen LogP contribution in [0.3, 0.4) is 0 Å². The first kappa shape index (κ1) is 18.9. The standard InChI is InChI=1S/C21H20BrN3O2/c1-14-12-16(22)10-11-18(14)23-20(26)13-25(2)21(27)24-19-9-5-7-15-6-3-4-8-17(15)19/h3-12H,13H2,1-2H3,(H,23,26)(H,24,27). The van der Waals surface area contributed by atoms with Gasteiger partial charge in [0, 0.05) is 22.6 Å². The van der Waals surface area contributed by atoms with Crippen molar-refractivity contribution >= 4 is 50.0 Å². The second-order valence-electron chi connectivity index (χ2n) is 6.32. The number of anilines is 2. The topological polar surface area (TPSA) is 61.4 Å². The number of carbonyl (C=O) groups excluding carboxylic acids is 2. The molecule has 2 N–H and O–H groups in total. The number of nitrogens with one attached hydrogen (secondary N) is 2. The Morgan fingerprint density at radius 2 is 1.70 bits per heavy atom. The summed E-state index contributed by atoms with van der Waals surface area (Å²) in [5, 5.41) is 7.71. The number of rotatable bonds is 4. The molecule has 0 aromatic heterocycles. The third-order valence-electron chi connectivity index (χ3n) is 4.22. The number of aryl methyl sites for hydroxylation is 1. The Bertz CT molecular complexity index is 998. The smallest absolute Gasteiger partial charge is 0.322 e. The molecule has 138 valence electrons. The van der Waals surface area contributed by atoms with Crippen molar-refractivity contribution in [3.8, 4) is 0 Å². The molecule has 3 aromatic rings. The number of likely N-dealkylation sites (N-methyl/N-ethyl adjacent to an activating group) is 1. The molecule has 3 rings (SSSR count). The van der Waals surface area contributed by atoms with Gasteiger partial charge in [-0.2, -0.15) is 0 Å². The summed E-state index contributed by atoms with van der Waals surface area (Å²) in [4.78, 5) is 26.1. The van der Waals surface area contributed by atoms with Crippen molar-refractivity contribution in [2.75, 3.05) is 24.2 Å². The zero-order valence-electron chi connectivity index (χ0n) is 15.1. The van der Waals surface area contributed by atoms with Crippen LogP contribution in [-0.4, -0.2) is 30.4 Å². The Kier molecular flexibility index (Phi) is 5.76. The number of hydrogen-bond acceptors (Lipinski definition) is 2. The summed E-state index contributed by atoms with van der Waals surface area (Å²) < 4.78 is 0.949. The molecule has 0 saturated heterocycles. The minimum Gasteiger partial charge on any atom is -0.324 e. The predicted molar refractivity (Wildman–Crippen MR) is 113 cm³/mol. The van der Waals surface area contributed by atoms with Gasteiger partial charge in [0.25, 0.3) is 0 Å². The SMILES string of the molecule is Cc1cc(Br)ccc1NC(=O)CN(C)C(=O)Nc1cccc2ccccc12. The lowest BCUT2D eigenvalue weighted by atomic mass is 10.1. The Labute approximate surface area is 166 Å². The molecule has 0 aliphatic rings. The number of carbonyl (C=O) groups is 2. The predicted octanol–water partition coefficient (Wildman–Crippen LogP) is 5.01. The fourth-order valence-electron chi connectivity index (χ4n) is 2.79. The molecule has 0 saturated carbocycles. The van der Waals surface area contributed by atoms with E-state index in [1.165, 1.54) is 4.90 Å². The monoisotopic (exact) mass is 425 g/mol. The van der Waals surface area contributed by atoms with Gasteiger partial charge in [0.2, 0.25) is 5.91 Å². The lowest BCUT2D eigenvalue weighted by molar-refractivity contribution is -0.116. The number of amides is 3. The molecule has 0 radical (unpaired) electrons. The van der Waals surface area contributed by atoms with Crippen molar-refractivity contribution in [1.82, 2.24) is 4.90 Å². The molecule has 5 nitrogen and oxygen atoms in total. The van der Waals surface area contributed by atoms with Crippen LogP contribution in [0.15, 0.2) is 65.1 Å². The second-order valence-corrected chi connectivity index (χ2v) is 7.24. The van der Waals surface area contributed by atoms with E-state index in [2.05, 4.69) is 26.6 Å². The number of nitrogens with zero attached hydrogens (tertiary/aromatic N) is 1. The first-order chi connectivity index (χ1) is 12.9. The van der Waals surface area contributed by atoms with Crippen LogP contribution in [0, 0.1) is 6.92 Å². The van der Waals surface area contributed by atoms with Crippen LogP contribution in [0.1, 0.15) is 5.56 Å². The number of urea groups is 1. The lowest BCUT2D eigenvalue weighted by Crippen LogP contribution is -2.37. The van der Waals surface area contributed by atoms with Crippen LogP contribution in [0.4, 0.5) is 16.2 Å². The molecule has 0 unspecified atom stereocenters. The third-order valence-corrected chi connectivity index (χ3v) is 4.71. The highest BCUT2D eigenvalue weighted by atomic mass is 79.9. The van der Waals surface area contributed by atoms with Gasteiger partial charge in [0.1, 0.15) is 6.54 Å². The number of hydrogen-bond donors (Lipinski definition) is 2. The molecule has 6 heteroatoms. The quantitative estimate of drug-likeness (QED) is 0.616. The zero-order chi connectivity index (χ0) is 19.4. The fraction of sp³-hybridized carbons (Fsp3) is 0.143. The van der Waals surface area contributed by atoms with Crippen molar-refractivity contribution in [3.63, 3.8) is 0 Å². The summed E-state index contributed by atoms with van der Waals surface area (Å²) in [6, 6.07) is 18.8. The summed E-state index contributed by atoms with van der Waals surface area (Å²) in [6.07, 6.45) is 0. The normalized spacial score (nSPS) is 10.5. The molecule has 0 fully saturated rings. The first-order valence-electron chi connectivity index (χ1n) is 8.50. The van der Waals surface area contributed by atoms with E-state index in [1.54, 1.807) is 7.05 Å². The molecule has 0 heterocycles. The van der Waals surface area contributed by atoms with Crippen molar-refractivity contribution in [3.05, 3.63) is 70.7 Å². The van der Waals surface area contributed by atoms with E-state index in [-0.39, 0.29) is 18.5 Å². The molecule has 3 amide bonds. The number of halogens is 1. The van der Waals surface area contributed by atoms with Crippen molar-refractivity contribution in [2.24, 2.45) is 0 Å². The van der Waals surface area contributed by atoms with Crippen molar-refractivity contribution in [1.29, 1.82) is 0 Å². The summed E-state index contributed by atoms with van der Waals surface area (Å²) in [5.41, 5.74) is 2.39. The van der Waals surface area contributed by atoms with Gasteiger partial charge in [0.05, 0.1) is 5.69 Å². The van der Waals surface area contributed by atoms with Gasteiger partial charge in [-0.05, 0) is 42.1 Å². The molecule has 0 atom stereocenters. The average molecular weight is 426 g/mol. The summed E-state index contributed by atoms with van der Waals surface area (Å²) >= 11 is 3.40. The Balaban J connectivity index is 1.64. The number of fused-ring (bicyclic) bond motifs is 1. The van der Waals surface area contributed by atoms with E-state index in [4.69, 9.17) is 0 Å². The summed E-state index contributed by atoms with van der Waals surface area (Å²) in [5.74, 6) is -0.254. The fourth-order valence-corrected chi connectivity index (χ4v) is 3.26. The summed E-state index contributed by atoms with van der Waals surface area (Å²) in [7, 11) is 1.59. The van der Waals surface area contributed by atoms with E-state index in [1.807, 2.05) is 67.6 Å². The molecular weight excluding hydrogens is 406 g/mol. The maximum Gasteiger partial charge on any atom is 0.322 e. The van der Waals surface area contributed by atoms with Gasteiger partial charge in [0.15, 0.2) is 0 Å². The molecule has 0 spiro atoms. The van der Waals surface area contributed by atoms with Crippen LogP contribution >= 0.6 is 15.9 Å². The van der Waals surface area contributed by atoms with Gasteiger partial charge in [-0.15, -0.1) is 0 Å².